The highest BCUT2D eigenvalue weighted by atomic mass is 35.5. The van der Waals surface area contributed by atoms with Crippen LogP contribution in [-0.4, -0.2) is 35.0 Å². The van der Waals surface area contributed by atoms with Gasteiger partial charge in [0.2, 0.25) is 0 Å². The molecule has 1 saturated heterocycles. The Balaban J connectivity index is 1.54. The van der Waals surface area contributed by atoms with Gasteiger partial charge in [-0.2, -0.15) is 5.48 Å². The first-order chi connectivity index (χ1) is 10.5. The van der Waals surface area contributed by atoms with Crippen LogP contribution in [0.25, 0.3) is 0 Å². The lowest BCUT2D eigenvalue weighted by Crippen LogP contribution is -2.46. The summed E-state index contributed by atoms with van der Waals surface area (Å²) < 4.78 is 14.2. The van der Waals surface area contributed by atoms with Crippen molar-refractivity contribution in [2.75, 3.05) is 0 Å². The van der Waals surface area contributed by atoms with Crippen LogP contribution in [-0.2, 0) is 9.63 Å². The van der Waals surface area contributed by atoms with Crippen LogP contribution in [0.4, 0.5) is 4.39 Å². The maximum Gasteiger partial charge on any atom is 0.306 e. The van der Waals surface area contributed by atoms with Gasteiger partial charge in [0.15, 0.2) is 0 Å². The van der Waals surface area contributed by atoms with E-state index in [9.17, 15) is 14.3 Å². The van der Waals surface area contributed by atoms with Gasteiger partial charge in [0.1, 0.15) is 12.4 Å². The Morgan fingerprint density at radius 2 is 2.05 bits per heavy atom. The SMILES string of the molecule is O=C(O)C1CCCC(C2NOC(C3CCC(Cl)CC3F)N2)C1. The van der Waals surface area contributed by atoms with E-state index in [1.54, 1.807) is 0 Å². The normalized spacial score (nSPS) is 46.5. The van der Waals surface area contributed by atoms with Crippen LogP contribution in [0.3, 0.4) is 0 Å². The number of hydrogen-bond acceptors (Lipinski definition) is 4. The molecule has 0 bridgehead atoms. The second kappa shape index (κ2) is 6.99. The minimum atomic E-state index is -0.951. The van der Waals surface area contributed by atoms with Crippen molar-refractivity contribution >= 4 is 17.6 Å². The predicted octanol–water partition coefficient (Wildman–Crippen LogP) is 2.40. The molecule has 22 heavy (non-hydrogen) atoms. The third-order valence-corrected chi connectivity index (χ3v) is 5.75. The first kappa shape index (κ1) is 16.4. The van der Waals surface area contributed by atoms with E-state index in [-0.39, 0.29) is 35.5 Å². The van der Waals surface area contributed by atoms with Gasteiger partial charge >= 0.3 is 5.97 Å². The van der Waals surface area contributed by atoms with Crippen molar-refractivity contribution in [3.63, 3.8) is 0 Å². The van der Waals surface area contributed by atoms with E-state index in [0.717, 1.165) is 25.7 Å². The molecule has 126 valence electrons. The number of hydrogen-bond donors (Lipinski definition) is 3. The van der Waals surface area contributed by atoms with Gasteiger partial charge in [-0.05, 0) is 44.4 Å². The van der Waals surface area contributed by atoms with Crippen molar-refractivity contribution in [1.82, 2.24) is 10.8 Å². The second-order valence-corrected chi connectivity index (χ2v) is 7.47. The lowest BCUT2D eigenvalue weighted by molar-refractivity contribution is -0.143. The standard InChI is InChI=1S/C15H24ClFN2O3/c16-10-4-5-11(12(17)7-10)14-18-13(19-22-14)8-2-1-3-9(6-8)15(20)21/h8-14,18-19H,1-7H2,(H,20,21). The molecule has 7 atom stereocenters. The fraction of sp³-hybridized carbons (Fsp3) is 0.933. The highest BCUT2D eigenvalue weighted by molar-refractivity contribution is 6.20. The maximum atomic E-state index is 14.2. The van der Waals surface area contributed by atoms with E-state index in [2.05, 4.69) is 10.8 Å². The Labute approximate surface area is 134 Å². The Morgan fingerprint density at radius 1 is 1.23 bits per heavy atom. The van der Waals surface area contributed by atoms with E-state index in [1.807, 2.05) is 0 Å². The van der Waals surface area contributed by atoms with Crippen molar-refractivity contribution in [1.29, 1.82) is 0 Å². The average Bonchev–Trinajstić information content (AvgIpc) is 2.97. The highest BCUT2D eigenvalue weighted by Gasteiger charge is 2.42. The lowest BCUT2D eigenvalue weighted by atomic mass is 9.79. The molecule has 7 heteroatoms. The third-order valence-electron chi connectivity index (χ3n) is 5.35. The molecule has 1 aliphatic heterocycles. The summed E-state index contributed by atoms with van der Waals surface area (Å²) in [5.41, 5.74) is 2.96. The fourth-order valence-corrected chi connectivity index (χ4v) is 4.32. The number of rotatable bonds is 3. The number of carboxylic acid groups (broad SMARTS) is 1. The summed E-state index contributed by atoms with van der Waals surface area (Å²) in [4.78, 5) is 16.7. The molecule has 0 spiro atoms. The second-order valence-electron chi connectivity index (χ2n) is 6.85. The minimum absolute atomic E-state index is 0.0777. The van der Waals surface area contributed by atoms with Crippen molar-refractivity contribution in [3.05, 3.63) is 0 Å². The third kappa shape index (κ3) is 3.55. The molecule has 0 aromatic carbocycles. The molecule has 0 radical (unpaired) electrons. The molecule has 0 amide bonds. The molecule has 5 nitrogen and oxygen atoms in total. The molecule has 3 rings (SSSR count). The van der Waals surface area contributed by atoms with Gasteiger partial charge < -0.3 is 5.11 Å². The number of hydroxylamine groups is 1. The van der Waals surface area contributed by atoms with Gasteiger partial charge in [0.05, 0.1) is 12.1 Å². The van der Waals surface area contributed by atoms with Crippen LogP contribution in [0.1, 0.15) is 44.9 Å². The summed E-state index contributed by atoms with van der Waals surface area (Å²) in [7, 11) is 0. The van der Waals surface area contributed by atoms with E-state index in [4.69, 9.17) is 16.4 Å². The van der Waals surface area contributed by atoms with Gasteiger partial charge in [-0.3, -0.25) is 14.9 Å². The van der Waals surface area contributed by atoms with Crippen molar-refractivity contribution < 1.29 is 19.1 Å². The van der Waals surface area contributed by atoms with E-state index in [1.165, 1.54) is 0 Å². The van der Waals surface area contributed by atoms with Gasteiger partial charge in [0.25, 0.3) is 0 Å². The fourth-order valence-electron chi connectivity index (χ4n) is 4.02. The van der Waals surface area contributed by atoms with Gasteiger partial charge in [-0.15, -0.1) is 11.6 Å². The van der Waals surface area contributed by atoms with Gasteiger partial charge in [-0.25, -0.2) is 4.39 Å². The van der Waals surface area contributed by atoms with Crippen molar-refractivity contribution in [3.8, 4) is 0 Å². The number of alkyl halides is 2. The average molecular weight is 335 g/mol. The number of carbonyl (C=O) groups is 1. The van der Waals surface area contributed by atoms with E-state index >= 15 is 0 Å². The van der Waals surface area contributed by atoms with Crippen LogP contribution in [0, 0.1) is 17.8 Å². The largest absolute Gasteiger partial charge is 0.481 e. The number of carboxylic acids is 1. The van der Waals surface area contributed by atoms with Crippen LogP contribution in [0.2, 0.25) is 0 Å². The Bertz CT molecular complexity index is 414. The smallest absolute Gasteiger partial charge is 0.306 e. The molecule has 3 fully saturated rings. The zero-order chi connectivity index (χ0) is 15.7. The van der Waals surface area contributed by atoms with Crippen molar-refractivity contribution in [2.24, 2.45) is 17.8 Å². The molecule has 0 aromatic rings. The molecule has 2 aliphatic carbocycles. The topological polar surface area (TPSA) is 70.6 Å². The molecule has 2 saturated carbocycles. The summed E-state index contributed by atoms with van der Waals surface area (Å²) >= 11 is 6.01. The van der Waals surface area contributed by atoms with Crippen molar-refractivity contribution in [2.45, 2.75) is 68.9 Å². The number of halogens is 2. The quantitative estimate of drug-likeness (QED) is 0.691. The number of nitrogens with one attached hydrogen (secondary N) is 2. The minimum Gasteiger partial charge on any atom is -0.481 e. The molecule has 3 N–H and O–H groups in total. The van der Waals surface area contributed by atoms with Gasteiger partial charge in [0, 0.05) is 11.3 Å². The van der Waals surface area contributed by atoms with Crippen LogP contribution >= 0.6 is 11.6 Å². The lowest BCUT2D eigenvalue weighted by Gasteiger charge is -2.33. The summed E-state index contributed by atoms with van der Waals surface area (Å²) in [6.07, 6.45) is 3.78. The molecule has 3 aliphatic rings. The molecular weight excluding hydrogens is 311 g/mol. The summed E-state index contributed by atoms with van der Waals surface area (Å²) in [6, 6.07) is 0. The van der Waals surface area contributed by atoms with Crippen LogP contribution < -0.4 is 10.8 Å². The molecule has 1 heterocycles. The van der Waals surface area contributed by atoms with Gasteiger partial charge in [-0.1, -0.05) is 6.42 Å². The van der Waals surface area contributed by atoms with E-state index < -0.39 is 12.1 Å². The van der Waals surface area contributed by atoms with Crippen LogP contribution in [0.15, 0.2) is 0 Å². The summed E-state index contributed by atoms with van der Waals surface area (Å²) in [5, 5.41) is 12.4. The Morgan fingerprint density at radius 3 is 2.77 bits per heavy atom. The van der Waals surface area contributed by atoms with E-state index in [0.29, 0.717) is 19.3 Å². The monoisotopic (exact) mass is 334 g/mol. The summed E-state index contributed by atoms with van der Waals surface area (Å²) in [5.74, 6) is -0.972. The first-order valence-electron chi connectivity index (χ1n) is 8.22. The number of aliphatic carboxylic acids is 1. The Hall–Kier alpha value is -0.430. The predicted molar refractivity (Wildman–Crippen MR) is 79.9 cm³/mol. The molecular formula is C15H24ClFN2O3. The zero-order valence-corrected chi connectivity index (χ0v) is 13.3. The molecule has 7 unspecified atom stereocenters. The zero-order valence-electron chi connectivity index (χ0n) is 12.5. The highest BCUT2D eigenvalue weighted by Crippen LogP contribution is 2.36. The Kier molecular flexibility index (Phi) is 5.22. The first-order valence-corrected chi connectivity index (χ1v) is 8.66. The van der Waals surface area contributed by atoms with Crippen LogP contribution in [0.5, 0.6) is 0 Å². The maximum absolute atomic E-state index is 14.2. The summed E-state index contributed by atoms with van der Waals surface area (Å²) in [6.45, 7) is 0. The molecule has 0 aromatic heterocycles.